The fourth-order valence-corrected chi connectivity index (χ4v) is 2.82. The largest absolute Gasteiger partial charge is 0.378 e. The first-order valence-corrected chi connectivity index (χ1v) is 7.21. The third-order valence-electron chi connectivity index (χ3n) is 3.64. The van der Waals surface area contributed by atoms with Gasteiger partial charge in [0.1, 0.15) is 0 Å². The van der Waals surface area contributed by atoms with E-state index in [1.807, 2.05) is 19.2 Å². The minimum absolute atomic E-state index is 0.394. The van der Waals surface area contributed by atoms with E-state index in [1.165, 1.54) is 31.2 Å². The van der Waals surface area contributed by atoms with Crippen LogP contribution >= 0.6 is 11.6 Å². The molecule has 1 aliphatic rings. The molecule has 0 bridgehead atoms. The van der Waals surface area contributed by atoms with Crippen molar-refractivity contribution in [3.8, 4) is 0 Å². The lowest BCUT2D eigenvalue weighted by atomic mass is 9.99. The fraction of sp³-hybridized carbons (Fsp3) is 0.600. The van der Waals surface area contributed by atoms with Crippen molar-refractivity contribution in [2.45, 2.75) is 44.2 Å². The summed E-state index contributed by atoms with van der Waals surface area (Å²) in [5.74, 6) is 0. The normalized spacial score (nSPS) is 21.1. The van der Waals surface area contributed by atoms with E-state index in [9.17, 15) is 0 Å². The molecule has 0 amide bonds. The molecule has 1 aromatic carbocycles. The van der Waals surface area contributed by atoms with Crippen molar-refractivity contribution in [2.75, 3.05) is 13.7 Å². The van der Waals surface area contributed by atoms with E-state index in [2.05, 4.69) is 17.4 Å². The highest BCUT2D eigenvalue weighted by molar-refractivity contribution is 6.30. The van der Waals surface area contributed by atoms with Crippen LogP contribution in [-0.2, 0) is 4.74 Å². The van der Waals surface area contributed by atoms with E-state index in [1.54, 1.807) is 0 Å². The van der Waals surface area contributed by atoms with Crippen molar-refractivity contribution in [2.24, 2.45) is 0 Å². The lowest BCUT2D eigenvalue weighted by Gasteiger charge is -2.18. The molecule has 1 aliphatic heterocycles. The van der Waals surface area contributed by atoms with Crippen molar-refractivity contribution < 1.29 is 4.74 Å². The zero-order chi connectivity index (χ0) is 12.8. The summed E-state index contributed by atoms with van der Waals surface area (Å²) in [7, 11) is 2.01. The molecule has 1 fully saturated rings. The van der Waals surface area contributed by atoms with Crippen LogP contribution in [0, 0.1) is 0 Å². The molecular formula is C15H22ClNO. The molecule has 3 heteroatoms. The van der Waals surface area contributed by atoms with Crippen molar-refractivity contribution >= 4 is 11.6 Å². The van der Waals surface area contributed by atoms with Gasteiger partial charge in [-0.1, -0.05) is 23.7 Å². The van der Waals surface area contributed by atoms with Crippen LogP contribution in [0.5, 0.6) is 0 Å². The first kappa shape index (κ1) is 13.9. The van der Waals surface area contributed by atoms with Gasteiger partial charge in [-0.25, -0.2) is 0 Å². The van der Waals surface area contributed by atoms with E-state index in [0.29, 0.717) is 12.1 Å². The maximum atomic E-state index is 6.04. The fourth-order valence-electron chi connectivity index (χ4n) is 2.62. The van der Waals surface area contributed by atoms with Gasteiger partial charge < -0.3 is 10.1 Å². The summed E-state index contributed by atoms with van der Waals surface area (Å²) in [4.78, 5) is 0. The number of ether oxygens (including phenoxy) is 1. The first-order valence-electron chi connectivity index (χ1n) is 6.84. The Morgan fingerprint density at radius 1 is 1.50 bits per heavy atom. The van der Waals surface area contributed by atoms with E-state index in [-0.39, 0.29) is 0 Å². The van der Waals surface area contributed by atoms with Crippen molar-refractivity contribution in [1.29, 1.82) is 0 Å². The second kappa shape index (κ2) is 7.13. The van der Waals surface area contributed by atoms with E-state index >= 15 is 0 Å². The first-order chi connectivity index (χ1) is 8.79. The summed E-state index contributed by atoms with van der Waals surface area (Å²) in [5, 5.41) is 4.18. The zero-order valence-electron chi connectivity index (χ0n) is 11.0. The molecule has 100 valence electrons. The van der Waals surface area contributed by atoms with Gasteiger partial charge in [0.2, 0.25) is 0 Å². The number of hydrogen-bond acceptors (Lipinski definition) is 2. The molecule has 0 spiro atoms. The van der Waals surface area contributed by atoms with Gasteiger partial charge in [-0.15, -0.1) is 0 Å². The van der Waals surface area contributed by atoms with E-state index in [0.717, 1.165) is 18.1 Å². The van der Waals surface area contributed by atoms with Crippen LogP contribution < -0.4 is 5.32 Å². The Kier molecular flexibility index (Phi) is 5.48. The van der Waals surface area contributed by atoms with Crippen molar-refractivity contribution in [3.63, 3.8) is 0 Å². The Balaban J connectivity index is 1.81. The molecule has 1 aromatic rings. The molecule has 1 heterocycles. The Bertz CT molecular complexity index is 363. The molecule has 2 atom stereocenters. The Labute approximate surface area is 115 Å². The molecule has 0 aliphatic carbocycles. The summed E-state index contributed by atoms with van der Waals surface area (Å²) in [6.45, 7) is 0.953. The maximum absolute atomic E-state index is 6.04. The van der Waals surface area contributed by atoms with Gasteiger partial charge in [-0.3, -0.25) is 0 Å². The van der Waals surface area contributed by atoms with Crippen LogP contribution in [0.15, 0.2) is 24.3 Å². The SMILES string of the molecule is CNC(CCCC1CCCO1)c1cccc(Cl)c1. The minimum atomic E-state index is 0.394. The highest BCUT2D eigenvalue weighted by Gasteiger charge is 2.16. The molecule has 1 saturated heterocycles. The predicted molar refractivity (Wildman–Crippen MR) is 76.1 cm³/mol. The van der Waals surface area contributed by atoms with Crippen molar-refractivity contribution in [1.82, 2.24) is 5.32 Å². The summed E-state index contributed by atoms with van der Waals surface area (Å²) in [6.07, 6.45) is 6.48. The lowest BCUT2D eigenvalue weighted by Crippen LogP contribution is -2.17. The van der Waals surface area contributed by atoms with E-state index in [4.69, 9.17) is 16.3 Å². The molecule has 2 nitrogen and oxygen atoms in total. The average Bonchev–Trinajstić information content (AvgIpc) is 2.88. The summed E-state index contributed by atoms with van der Waals surface area (Å²) >= 11 is 6.04. The monoisotopic (exact) mass is 267 g/mol. The summed E-state index contributed by atoms with van der Waals surface area (Å²) in [6, 6.07) is 8.52. The highest BCUT2D eigenvalue weighted by Crippen LogP contribution is 2.24. The van der Waals surface area contributed by atoms with Crippen molar-refractivity contribution in [3.05, 3.63) is 34.9 Å². The van der Waals surface area contributed by atoms with E-state index < -0.39 is 0 Å². The Hall–Kier alpha value is -0.570. The van der Waals surface area contributed by atoms with Crippen LogP contribution in [0.1, 0.15) is 43.7 Å². The lowest BCUT2D eigenvalue weighted by molar-refractivity contribution is 0.101. The van der Waals surface area contributed by atoms with Gasteiger partial charge in [-0.2, -0.15) is 0 Å². The number of halogens is 1. The maximum Gasteiger partial charge on any atom is 0.0576 e. The van der Waals surface area contributed by atoms with Gasteiger partial charge in [0.05, 0.1) is 6.10 Å². The van der Waals surface area contributed by atoms with Crippen LogP contribution in [0.3, 0.4) is 0 Å². The van der Waals surface area contributed by atoms with Gasteiger partial charge >= 0.3 is 0 Å². The summed E-state index contributed by atoms with van der Waals surface area (Å²) < 4.78 is 5.65. The van der Waals surface area contributed by atoms with Crippen LogP contribution in [0.25, 0.3) is 0 Å². The quantitative estimate of drug-likeness (QED) is 0.843. The molecule has 0 saturated carbocycles. The van der Waals surface area contributed by atoms with Gasteiger partial charge in [0.25, 0.3) is 0 Å². The molecule has 18 heavy (non-hydrogen) atoms. The molecule has 0 radical (unpaired) electrons. The summed E-state index contributed by atoms with van der Waals surface area (Å²) in [5.41, 5.74) is 1.28. The third kappa shape index (κ3) is 3.98. The molecular weight excluding hydrogens is 246 g/mol. The Morgan fingerprint density at radius 2 is 2.39 bits per heavy atom. The van der Waals surface area contributed by atoms with Gasteiger partial charge in [0, 0.05) is 17.7 Å². The number of benzene rings is 1. The smallest absolute Gasteiger partial charge is 0.0576 e. The van der Waals surface area contributed by atoms with Crippen LogP contribution in [0.2, 0.25) is 5.02 Å². The second-order valence-corrected chi connectivity index (χ2v) is 5.40. The van der Waals surface area contributed by atoms with Gasteiger partial charge in [-0.05, 0) is 56.8 Å². The third-order valence-corrected chi connectivity index (χ3v) is 3.88. The topological polar surface area (TPSA) is 21.3 Å². The molecule has 2 unspecified atom stereocenters. The zero-order valence-corrected chi connectivity index (χ0v) is 11.7. The van der Waals surface area contributed by atoms with Gasteiger partial charge in [0.15, 0.2) is 0 Å². The average molecular weight is 268 g/mol. The number of rotatable bonds is 6. The highest BCUT2D eigenvalue weighted by atomic mass is 35.5. The van der Waals surface area contributed by atoms with Crippen LogP contribution in [0.4, 0.5) is 0 Å². The minimum Gasteiger partial charge on any atom is -0.378 e. The van der Waals surface area contributed by atoms with Crippen LogP contribution in [-0.4, -0.2) is 19.8 Å². The number of nitrogens with one attached hydrogen (secondary N) is 1. The molecule has 2 rings (SSSR count). The second-order valence-electron chi connectivity index (χ2n) is 4.96. The predicted octanol–water partition coefficient (Wildman–Crippen LogP) is 3.95. The standard InChI is InChI=1S/C15H22ClNO/c1-17-15(12-5-2-6-13(16)11-12)9-3-7-14-8-4-10-18-14/h2,5-6,11,14-15,17H,3-4,7-10H2,1H3. The number of hydrogen-bond donors (Lipinski definition) is 1. The Morgan fingerprint density at radius 3 is 3.06 bits per heavy atom. The molecule has 0 aromatic heterocycles. The molecule has 1 N–H and O–H groups in total.